The lowest BCUT2D eigenvalue weighted by Crippen LogP contribution is -2.31. The number of amides is 1. The van der Waals surface area contributed by atoms with Crippen LogP contribution in [0.15, 0.2) is 24.3 Å². The van der Waals surface area contributed by atoms with Crippen LogP contribution in [-0.2, 0) is 14.3 Å². The van der Waals surface area contributed by atoms with Crippen molar-refractivity contribution < 1.29 is 38.1 Å². The van der Waals surface area contributed by atoms with Gasteiger partial charge in [0.1, 0.15) is 5.82 Å². The number of carbonyl (C=O) groups is 3. The van der Waals surface area contributed by atoms with Crippen molar-refractivity contribution in [2.75, 3.05) is 12.4 Å². The van der Waals surface area contributed by atoms with Gasteiger partial charge in [-0.25, -0.2) is 18.8 Å². The van der Waals surface area contributed by atoms with Gasteiger partial charge in [0.25, 0.3) is 0 Å². The number of nitrogens with one attached hydrogen (secondary N) is 1. The number of hydrogen-bond donors (Lipinski definition) is 2. The summed E-state index contributed by atoms with van der Waals surface area (Å²) in [7, 11) is 1.09. The minimum atomic E-state index is -1.68. The molecule has 0 saturated carbocycles. The van der Waals surface area contributed by atoms with E-state index in [1.807, 2.05) is 5.32 Å². The lowest BCUT2D eigenvalue weighted by molar-refractivity contribution is -0.148. The van der Waals surface area contributed by atoms with E-state index in [-0.39, 0.29) is 10.6 Å². The Morgan fingerprint density at radius 1 is 1.38 bits per heavy atom. The van der Waals surface area contributed by atoms with Crippen LogP contribution in [0.5, 0.6) is 5.75 Å². The first-order valence-corrected chi connectivity index (χ1v) is 6.64. The molecule has 1 aromatic rings. The molecule has 1 aromatic carbocycles. The highest BCUT2D eigenvalue weighted by molar-refractivity contribution is 6.32. The van der Waals surface area contributed by atoms with Crippen molar-refractivity contribution in [3.63, 3.8) is 0 Å². The fourth-order valence-electron chi connectivity index (χ4n) is 1.50. The van der Waals surface area contributed by atoms with Crippen LogP contribution < -0.4 is 10.1 Å². The summed E-state index contributed by atoms with van der Waals surface area (Å²) in [6.45, 7) is 4.91. The van der Waals surface area contributed by atoms with Gasteiger partial charge >= 0.3 is 18.2 Å². The molecular formula is C14H13ClFNO7. The van der Waals surface area contributed by atoms with E-state index in [4.69, 9.17) is 21.4 Å². The third-order valence-electron chi connectivity index (χ3n) is 2.54. The third-order valence-corrected chi connectivity index (χ3v) is 2.84. The molecule has 2 N–H and O–H groups in total. The predicted molar refractivity (Wildman–Crippen MR) is 80.8 cm³/mol. The first kappa shape index (κ1) is 19.2. The summed E-state index contributed by atoms with van der Waals surface area (Å²) in [5.41, 5.74) is -0.283. The molecule has 8 nitrogen and oxygen atoms in total. The number of methoxy groups -OCH3 is 1. The van der Waals surface area contributed by atoms with Crippen molar-refractivity contribution in [3.8, 4) is 5.75 Å². The Hall–Kier alpha value is -2.81. The molecule has 0 radical (unpaired) electrons. The van der Waals surface area contributed by atoms with Crippen molar-refractivity contribution in [1.82, 2.24) is 0 Å². The Balaban J connectivity index is 2.95. The quantitative estimate of drug-likeness (QED) is 0.470. The number of carbonyl (C=O) groups excluding carboxylic acids is 2. The van der Waals surface area contributed by atoms with Gasteiger partial charge in [-0.1, -0.05) is 18.2 Å². The molecule has 0 bridgehead atoms. The lowest BCUT2D eigenvalue weighted by Gasteiger charge is -2.16. The van der Waals surface area contributed by atoms with E-state index in [9.17, 15) is 18.8 Å². The molecule has 0 saturated heterocycles. The largest absolute Gasteiger partial charge is 0.511 e. The highest BCUT2D eigenvalue weighted by Gasteiger charge is 2.25. The summed E-state index contributed by atoms with van der Waals surface area (Å²) in [6.07, 6.45) is -4.26. The molecule has 1 atom stereocenters. The molecule has 1 unspecified atom stereocenters. The minimum absolute atomic E-state index is 0.184. The lowest BCUT2D eigenvalue weighted by atomic mass is 10.2. The molecule has 130 valence electrons. The molecule has 0 aliphatic rings. The average molecular weight is 362 g/mol. The fourth-order valence-corrected chi connectivity index (χ4v) is 1.69. The summed E-state index contributed by atoms with van der Waals surface area (Å²) in [6, 6.07) is 1.59. The molecule has 24 heavy (non-hydrogen) atoms. The second kappa shape index (κ2) is 8.16. The van der Waals surface area contributed by atoms with E-state index in [1.165, 1.54) is 6.92 Å². The molecule has 1 rings (SSSR count). The molecule has 0 spiro atoms. The van der Waals surface area contributed by atoms with Gasteiger partial charge in [0.05, 0.1) is 17.8 Å². The summed E-state index contributed by atoms with van der Waals surface area (Å²) in [4.78, 5) is 33.8. The van der Waals surface area contributed by atoms with Gasteiger partial charge in [-0.2, -0.15) is 0 Å². The molecule has 0 aliphatic carbocycles. The number of ether oxygens (including phenoxy) is 3. The van der Waals surface area contributed by atoms with E-state index in [2.05, 4.69) is 16.1 Å². The van der Waals surface area contributed by atoms with Crippen molar-refractivity contribution in [2.24, 2.45) is 0 Å². The molecule has 10 heteroatoms. The van der Waals surface area contributed by atoms with E-state index in [0.29, 0.717) is 0 Å². The maximum absolute atomic E-state index is 13.8. The number of halogens is 2. The van der Waals surface area contributed by atoms with Crippen LogP contribution >= 0.6 is 11.6 Å². The average Bonchev–Trinajstić information content (AvgIpc) is 2.48. The normalized spacial score (nSPS) is 11.2. The smallest absolute Gasteiger partial charge is 0.466 e. The van der Waals surface area contributed by atoms with E-state index in [0.717, 1.165) is 19.2 Å². The van der Waals surface area contributed by atoms with Crippen molar-refractivity contribution in [2.45, 2.75) is 13.0 Å². The molecule has 0 heterocycles. The Kier molecular flexibility index (Phi) is 6.54. The number of anilines is 1. The molecule has 0 aliphatic heterocycles. The third kappa shape index (κ3) is 5.13. The highest BCUT2D eigenvalue weighted by Crippen LogP contribution is 2.30. The van der Waals surface area contributed by atoms with Crippen LogP contribution in [0.1, 0.15) is 6.92 Å². The monoisotopic (exact) mass is 361 g/mol. The zero-order chi connectivity index (χ0) is 18.4. The van der Waals surface area contributed by atoms with Gasteiger partial charge in [0.15, 0.2) is 5.75 Å². The Bertz CT molecular complexity index is 692. The van der Waals surface area contributed by atoms with Crippen LogP contribution in [0.4, 0.5) is 19.7 Å². The van der Waals surface area contributed by atoms with Crippen LogP contribution in [0.3, 0.4) is 0 Å². The van der Waals surface area contributed by atoms with Gasteiger partial charge in [0, 0.05) is 6.07 Å². The van der Waals surface area contributed by atoms with Crippen LogP contribution in [-0.4, -0.2) is 36.5 Å². The van der Waals surface area contributed by atoms with E-state index in [1.54, 1.807) is 0 Å². The van der Waals surface area contributed by atoms with Crippen LogP contribution in [0.25, 0.3) is 0 Å². The second-order valence-corrected chi connectivity index (χ2v) is 4.82. The second-order valence-electron chi connectivity index (χ2n) is 4.41. The molecule has 1 amide bonds. The Morgan fingerprint density at radius 3 is 2.50 bits per heavy atom. The maximum Gasteiger partial charge on any atom is 0.511 e. The SMILES string of the molecule is C=C(C)C(OC(=O)Nc1cc(OC(=O)O)c(Cl)cc1F)C(=O)OC. The van der Waals surface area contributed by atoms with Crippen LogP contribution in [0.2, 0.25) is 5.02 Å². The molecule has 0 aromatic heterocycles. The topological polar surface area (TPSA) is 111 Å². The molecular weight excluding hydrogens is 349 g/mol. The summed E-state index contributed by atoms with van der Waals surface area (Å²) >= 11 is 5.62. The number of hydrogen-bond acceptors (Lipinski definition) is 6. The van der Waals surface area contributed by atoms with E-state index >= 15 is 0 Å². The number of rotatable bonds is 5. The van der Waals surface area contributed by atoms with Gasteiger partial charge < -0.3 is 19.3 Å². The zero-order valence-electron chi connectivity index (χ0n) is 12.6. The number of esters is 1. The van der Waals surface area contributed by atoms with Crippen LogP contribution in [0, 0.1) is 5.82 Å². The maximum atomic E-state index is 13.8. The summed E-state index contributed by atoms with van der Waals surface area (Å²) in [5, 5.41) is 10.2. The first-order chi connectivity index (χ1) is 11.1. The van der Waals surface area contributed by atoms with Gasteiger partial charge in [0.2, 0.25) is 6.10 Å². The van der Waals surface area contributed by atoms with Crippen molar-refractivity contribution in [3.05, 3.63) is 35.1 Å². The number of benzene rings is 1. The fraction of sp³-hybridized carbons (Fsp3) is 0.214. The minimum Gasteiger partial charge on any atom is -0.466 e. The highest BCUT2D eigenvalue weighted by atomic mass is 35.5. The van der Waals surface area contributed by atoms with Crippen molar-refractivity contribution in [1.29, 1.82) is 0 Å². The Labute approximate surface area is 140 Å². The standard InChI is InChI=1S/C14H13ClFNO7/c1-6(2)11(12(18)22-3)24-13(19)17-9-5-10(23-14(20)21)7(15)4-8(9)16/h4-5,11H,1H2,2-3H3,(H,17,19)(H,20,21). The van der Waals surface area contributed by atoms with Crippen molar-refractivity contribution >= 4 is 35.5 Å². The predicted octanol–water partition coefficient (Wildman–Crippen LogP) is 3.20. The first-order valence-electron chi connectivity index (χ1n) is 6.26. The van der Waals surface area contributed by atoms with Gasteiger partial charge in [-0.05, 0) is 18.6 Å². The number of carboxylic acid groups (broad SMARTS) is 1. The molecule has 0 fully saturated rings. The zero-order valence-corrected chi connectivity index (χ0v) is 13.3. The summed E-state index contributed by atoms with van der Waals surface area (Å²) in [5.74, 6) is -2.24. The Morgan fingerprint density at radius 2 is 2.00 bits per heavy atom. The van der Waals surface area contributed by atoms with Gasteiger partial charge in [-0.3, -0.25) is 5.32 Å². The summed E-state index contributed by atoms with van der Waals surface area (Å²) < 4.78 is 27.4. The van der Waals surface area contributed by atoms with E-state index < -0.39 is 41.6 Å². The van der Waals surface area contributed by atoms with Gasteiger partial charge in [-0.15, -0.1) is 0 Å².